The van der Waals surface area contributed by atoms with E-state index in [0.29, 0.717) is 6.42 Å². The summed E-state index contributed by atoms with van der Waals surface area (Å²) < 4.78 is 31.9. The molecular weight excluding hydrogens is 179 g/mol. The lowest BCUT2D eigenvalue weighted by molar-refractivity contribution is 0.174. The predicted octanol–water partition coefficient (Wildman–Crippen LogP) is 1.57. The highest BCUT2D eigenvalue weighted by atomic mass is 16.7. The van der Waals surface area contributed by atoms with E-state index < -0.39 is 6.98 Å². The molecule has 0 saturated heterocycles. The zero-order valence-corrected chi connectivity index (χ0v) is 8.04. The summed E-state index contributed by atoms with van der Waals surface area (Å²) in [5, 5.41) is 2.56. The smallest absolute Gasteiger partial charge is 0.231 e. The van der Waals surface area contributed by atoms with Gasteiger partial charge < -0.3 is 14.8 Å². The Morgan fingerprint density at radius 3 is 3.21 bits per heavy atom. The van der Waals surface area contributed by atoms with Crippen LogP contribution >= 0.6 is 0 Å². The van der Waals surface area contributed by atoms with Gasteiger partial charge in [-0.3, -0.25) is 0 Å². The third-order valence-electron chi connectivity index (χ3n) is 2.23. The molecule has 0 aromatic heterocycles. The van der Waals surface area contributed by atoms with Crippen LogP contribution in [0.2, 0.25) is 0 Å². The predicted molar refractivity (Wildman–Crippen MR) is 54.8 cm³/mol. The highest BCUT2D eigenvalue weighted by molar-refractivity contribution is 5.44. The molecule has 0 amide bonds. The summed E-state index contributed by atoms with van der Waals surface area (Å²) in [6.45, 7) is -0.00539. The van der Waals surface area contributed by atoms with Gasteiger partial charge in [0.25, 0.3) is 0 Å². The zero-order chi connectivity index (χ0) is 12.5. The van der Waals surface area contributed by atoms with Crippen molar-refractivity contribution in [3.63, 3.8) is 0 Å². The van der Waals surface area contributed by atoms with Crippen molar-refractivity contribution in [3.05, 3.63) is 23.8 Å². The average Bonchev–Trinajstić information content (AvgIpc) is 2.61. The zero-order valence-electron chi connectivity index (χ0n) is 11.0. The van der Waals surface area contributed by atoms with Gasteiger partial charge in [-0.15, -0.1) is 0 Å². The lowest BCUT2D eigenvalue weighted by Crippen LogP contribution is -2.23. The summed E-state index contributed by atoms with van der Waals surface area (Å²) in [7, 11) is 0. The number of likely N-dealkylation sites (N-methyl/N-ethyl adjacent to an activating group) is 1. The summed E-state index contributed by atoms with van der Waals surface area (Å²) in [5.74, 6) is 1.47. The Morgan fingerprint density at radius 2 is 2.36 bits per heavy atom. The van der Waals surface area contributed by atoms with Crippen LogP contribution in [0.4, 0.5) is 0 Å². The quantitative estimate of drug-likeness (QED) is 0.746. The minimum Gasteiger partial charge on any atom is -0.454 e. The van der Waals surface area contributed by atoms with Crippen LogP contribution in [-0.2, 0) is 6.42 Å². The Kier molecular flexibility index (Phi) is 1.75. The van der Waals surface area contributed by atoms with Crippen LogP contribution in [0.15, 0.2) is 18.2 Å². The fourth-order valence-corrected chi connectivity index (χ4v) is 1.47. The van der Waals surface area contributed by atoms with Crippen molar-refractivity contribution in [3.8, 4) is 11.5 Å². The Morgan fingerprint density at radius 1 is 1.50 bits per heavy atom. The monoisotopic (exact) mass is 197 g/mol. The molecule has 1 aromatic carbocycles. The van der Waals surface area contributed by atoms with Gasteiger partial charge in [0.2, 0.25) is 6.79 Å². The molecule has 0 aliphatic carbocycles. The van der Waals surface area contributed by atoms with Crippen molar-refractivity contribution in [2.24, 2.45) is 0 Å². The van der Waals surface area contributed by atoms with Gasteiger partial charge >= 0.3 is 0 Å². The lowest BCUT2D eigenvalue weighted by atomic mass is 10.1. The molecule has 2 rings (SSSR count). The first kappa shape index (κ1) is 6.30. The topological polar surface area (TPSA) is 30.5 Å². The normalized spacial score (nSPS) is 19.6. The van der Waals surface area contributed by atoms with Gasteiger partial charge in [0, 0.05) is 10.2 Å². The van der Waals surface area contributed by atoms with Gasteiger partial charge in [0.15, 0.2) is 11.5 Å². The molecule has 1 unspecified atom stereocenters. The van der Waals surface area contributed by atoms with E-state index in [1.165, 1.54) is 0 Å². The van der Waals surface area contributed by atoms with Gasteiger partial charge in [-0.25, -0.2) is 0 Å². The molecule has 3 nitrogen and oxygen atoms in total. The third-order valence-corrected chi connectivity index (χ3v) is 2.23. The molecule has 1 aliphatic heterocycles. The van der Waals surface area contributed by atoms with Crippen LogP contribution in [0, 0.1) is 0 Å². The van der Waals surface area contributed by atoms with Crippen LogP contribution in [0.3, 0.4) is 0 Å². The molecular formula is C11H15NO2. The van der Waals surface area contributed by atoms with Gasteiger partial charge in [-0.2, -0.15) is 0 Å². The van der Waals surface area contributed by atoms with Gasteiger partial charge in [-0.1, -0.05) is 6.07 Å². The van der Waals surface area contributed by atoms with Gasteiger partial charge in [0.05, 0.1) is 0 Å². The summed E-state index contributed by atoms with van der Waals surface area (Å²) in [5.41, 5.74) is 1.03. The van der Waals surface area contributed by atoms with Crippen LogP contribution in [0.1, 0.15) is 16.6 Å². The molecule has 1 aliphatic rings. The first-order chi connectivity index (χ1) is 7.94. The maximum Gasteiger partial charge on any atom is 0.231 e. The lowest BCUT2D eigenvalue weighted by Gasteiger charge is -2.09. The average molecular weight is 197 g/mol. The molecule has 0 bridgehead atoms. The highest BCUT2D eigenvalue weighted by Gasteiger charge is 2.13. The van der Waals surface area contributed by atoms with Crippen molar-refractivity contribution in [1.82, 2.24) is 5.32 Å². The second-order valence-electron chi connectivity index (χ2n) is 3.44. The minimum absolute atomic E-state index is 0.122. The molecule has 1 N–H and O–H groups in total. The first-order valence-corrected chi connectivity index (χ1v) is 4.60. The van der Waals surface area contributed by atoms with Crippen molar-refractivity contribution >= 4 is 0 Å². The van der Waals surface area contributed by atoms with Crippen LogP contribution in [0.25, 0.3) is 0 Å². The fraction of sp³-hybridized carbons (Fsp3) is 0.455. The first-order valence-electron chi connectivity index (χ1n) is 6.10. The number of hydrogen-bond acceptors (Lipinski definition) is 3. The molecule has 3 heteroatoms. The van der Waals surface area contributed by atoms with E-state index in [9.17, 15) is 0 Å². The maximum absolute atomic E-state index is 7.13. The maximum atomic E-state index is 7.13. The fourth-order valence-electron chi connectivity index (χ4n) is 1.47. The number of nitrogens with one attached hydrogen (secondary N) is 1. The van der Waals surface area contributed by atoms with E-state index in [4.69, 9.17) is 13.6 Å². The Balaban J connectivity index is 1.99. The summed E-state index contributed by atoms with van der Waals surface area (Å²) >= 11 is 0. The second-order valence-corrected chi connectivity index (χ2v) is 3.44. The van der Waals surface area contributed by atoms with E-state index in [2.05, 4.69) is 5.32 Å². The standard InChI is InChI=1S/C11H15NO2/c1-8(12-2)5-9-3-4-10-11(6-9)14-7-13-10/h3-4,6,8,12H,5,7H2,1-2H3/i2+1D3. The Bertz CT molecular complexity index is 406. The largest absolute Gasteiger partial charge is 0.454 e. The molecule has 1 heterocycles. The molecule has 1 aromatic rings. The summed E-state index contributed by atoms with van der Waals surface area (Å²) in [6, 6.07) is 5.54. The number of fused-ring (bicyclic) bond motifs is 1. The van der Waals surface area contributed by atoms with Gasteiger partial charge in [0.1, 0.15) is 0 Å². The molecule has 0 saturated carbocycles. The number of ether oxygens (including phenoxy) is 2. The van der Waals surface area contributed by atoms with Crippen LogP contribution < -0.4 is 14.8 Å². The molecule has 0 spiro atoms. The van der Waals surface area contributed by atoms with E-state index in [-0.39, 0.29) is 12.8 Å². The van der Waals surface area contributed by atoms with E-state index >= 15 is 0 Å². The Labute approximate surface area is 88.2 Å². The second kappa shape index (κ2) is 3.88. The SMILES string of the molecule is [2H][13C]([2H])([2H])NC(C)Cc1ccc2c(c1)OCO2. The van der Waals surface area contributed by atoms with Crippen LogP contribution in [-0.4, -0.2) is 19.8 Å². The molecule has 0 fully saturated rings. The summed E-state index contributed by atoms with van der Waals surface area (Å²) in [4.78, 5) is 0. The molecule has 1 atom stereocenters. The molecule has 0 radical (unpaired) electrons. The van der Waals surface area contributed by atoms with E-state index in [0.717, 1.165) is 17.1 Å². The minimum atomic E-state index is -2.10. The van der Waals surface area contributed by atoms with Gasteiger partial charge in [-0.05, 0) is 38.0 Å². The number of benzene rings is 1. The third kappa shape index (κ3) is 1.82. The summed E-state index contributed by atoms with van der Waals surface area (Å²) in [6.07, 6.45) is 0.634. The van der Waals surface area contributed by atoms with Crippen molar-refractivity contribution in [1.29, 1.82) is 0 Å². The number of rotatable bonds is 3. The molecule has 76 valence electrons. The van der Waals surface area contributed by atoms with E-state index in [1.807, 2.05) is 25.1 Å². The van der Waals surface area contributed by atoms with Crippen molar-refractivity contribution in [2.45, 2.75) is 19.4 Å². The number of hydrogen-bond donors (Lipinski definition) is 1. The van der Waals surface area contributed by atoms with E-state index in [1.54, 1.807) is 0 Å². The van der Waals surface area contributed by atoms with Crippen LogP contribution in [0.5, 0.6) is 11.5 Å². The van der Waals surface area contributed by atoms with Crippen molar-refractivity contribution < 1.29 is 13.6 Å². The highest BCUT2D eigenvalue weighted by Crippen LogP contribution is 2.32. The molecule has 14 heavy (non-hydrogen) atoms. The van der Waals surface area contributed by atoms with Crippen molar-refractivity contribution in [2.75, 3.05) is 13.8 Å². The Hall–Kier alpha value is -1.22.